The van der Waals surface area contributed by atoms with Crippen LogP contribution in [0.3, 0.4) is 0 Å². The molecule has 84 valence electrons. The fraction of sp³-hybridized carbons (Fsp3) is 0.800. The van der Waals surface area contributed by atoms with Crippen LogP contribution in [0.25, 0.3) is 0 Å². The molecule has 0 aliphatic carbocycles. The van der Waals surface area contributed by atoms with Crippen LogP contribution in [0.1, 0.15) is 13.8 Å². The number of rotatable bonds is 2. The van der Waals surface area contributed by atoms with Crippen molar-refractivity contribution in [1.29, 1.82) is 5.26 Å². The summed E-state index contributed by atoms with van der Waals surface area (Å²) in [5.74, 6) is 1.63. The number of nitriles is 1. The normalized spacial score (nSPS) is 23.7. The van der Waals surface area contributed by atoms with Gasteiger partial charge in [0.25, 0.3) is 0 Å². The molecule has 1 aliphatic rings. The van der Waals surface area contributed by atoms with Gasteiger partial charge in [-0.3, -0.25) is 4.79 Å². The Labute approximate surface area is 94.8 Å². The summed E-state index contributed by atoms with van der Waals surface area (Å²) in [4.78, 5) is 13.6. The molecule has 0 aromatic carbocycles. The van der Waals surface area contributed by atoms with Gasteiger partial charge in [-0.05, 0) is 5.92 Å². The molecule has 0 spiro atoms. The summed E-state index contributed by atoms with van der Waals surface area (Å²) in [6.07, 6.45) is 0. The molecule has 0 radical (unpaired) electrons. The summed E-state index contributed by atoms with van der Waals surface area (Å²) < 4.78 is 0. The van der Waals surface area contributed by atoms with E-state index in [1.807, 2.05) is 13.8 Å². The topological polar surface area (TPSA) is 70.1 Å². The van der Waals surface area contributed by atoms with Crippen LogP contribution in [0.5, 0.6) is 0 Å². The highest BCUT2D eigenvalue weighted by molar-refractivity contribution is 7.99. The lowest BCUT2D eigenvalue weighted by molar-refractivity contribution is -0.134. The second kappa shape index (κ2) is 5.38. The molecule has 1 saturated heterocycles. The van der Waals surface area contributed by atoms with E-state index in [-0.39, 0.29) is 17.9 Å². The van der Waals surface area contributed by atoms with Crippen LogP contribution in [-0.4, -0.2) is 40.9 Å². The van der Waals surface area contributed by atoms with Crippen molar-refractivity contribution < 1.29 is 4.79 Å². The fourth-order valence-electron chi connectivity index (χ4n) is 1.45. The van der Waals surface area contributed by atoms with Gasteiger partial charge in [0, 0.05) is 18.1 Å². The van der Waals surface area contributed by atoms with Crippen LogP contribution in [-0.2, 0) is 4.79 Å². The quantitative estimate of drug-likeness (QED) is 0.743. The van der Waals surface area contributed by atoms with Crippen LogP contribution in [0.15, 0.2) is 0 Å². The lowest BCUT2D eigenvalue weighted by Crippen LogP contribution is -2.53. The molecule has 4 nitrogen and oxygen atoms in total. The smallest absolute Gasteiger partial charge is 0.240 e. The van der Waals surface area contributed by atoms with Gasteiger partial charge < -0.3 is 10.6 Å². The predicted octanol–water partition coefficient (Wildman–Crippen LogP) is 0.437. The maximum atomic E-state index is 11.9. The van der Waals surface area contributed by atoms with Crippen LogP contribution < -0.4 is 5.73 Å². The highest BCUT2D eigenvalue weighted by atomic mass is 32.2. The Hall–Kier alpha value is -0.730. The third-order valence-corrected chi connectivity index (χ3v) is 3.59. The van der Waals surface area contributed by atoms with Gasteiger partial charge in [-0.2, -0.15) is 17.0 Å². The zero-order valence-electron chi connectivity index (χ0n) is 9.14. The molecule has 0 aromatic rings. The van der Waals surface area contributed by atoms with E-state index in [4.69, 9.17) is 11.0 Å². The summed E-state index contributed by atoms with van der Waals surface area (Å²) in [5, 5.41) is 8.93. The number of nitrogens with two attached hydrogens (primary N) is 1. The Balaban J connectivity index is 2.68. The van der Waals surface area contributed by atoms with Crippen molar-refractivity contribution in [2.45, 2.75) is 25.9 Å². The minimum atomic E-state index is -0.482. The van der Waals surface area contributed by atoms with Crippen molar-refractivity contribution in [2.24, 2.45) is 11.7 Å². The molecule has 2 atom stereocenters. The third kappa shape index (κ3) is 2.86. The number of carbonyl (C=O) groups is 1. The second-order valence-corrected chi connectivity index (χ2v) is 5.17. The minimum Gasteiger partial charge on any atom is -0.324 e. The molecule has 1 amide bonds. The Bertz CT molecular complexity index is 274. The maximum Gasteiger partial charge on any atom is 0.240 e. The molecule has 1 heterocycles. The van der Waals surface area contributed by atoms with Gasteiger partial charge in [-0.1, -0.05) is 13.8 Å². The molecule has 0 aromatic heterocycles. The largest absolute Gasteiger partial charge is 0.324 e. The highest BCUT2D eigenvalue weighted by Gasteiger charge is 2.31. The first kappa shape index (κ1) is 12.3. The molecule has 1 rings (SSSR count). The number of nitrogens with zero attached hydrogens (tertiary/aromatic N) is 2. The zero-order chi connectivity index (χ0) is 11.4. The van der Waals surface area contributed by atoms with Gasteiger partial charge in [-0.15, -0.1) is 0 Å². The monoisotopic (exact) mass is 227 g/mol. The van der Waals surface area contributed by atoms with Crippen molar-refractivity contribution in [1.82, 2.24) is 4.90 Å². The van der Waals surface area contributed by atoms with E-state index < -0.39 is 6.04 Å². The Morgan fingerprint density at radius 1 is 1.67 bits per heavy atom. The Kier molecular flexibility index (Phi) is 4.43. The molecule has 1 fully saturated rings. The molecular formula is C10H17N3OS. The predicted molar refractivity (Wildman–Crippen MR) is 61.3 cm³/mol. The van der Waals surface area contributed by atoms with E-state index in [0.29, 0.717) is 12.3 Å². The highest BCUT2D eigenvalue weighted by Crippen LogP contribution is 2.17. The van der Waals surface area contributed by atoms with Gasteiger partial charge in [-0.25, -0.2) is 0 Å². The van der Waals surface area contributed by atoms with Crippen molar-refractivity contribution in [3.05, 3.63) is 0 Å². The van der Waals surface area contributed by atoms with Crippen LogP contribution in [0.2, 0.25) is 0 Å². The van der Waals surface area contributed by atoms with Crippen molar-refractivity contribution >= 4 is 17.7 Å². The molecule has 5 heteroatoms. The number of thioether (sulfide) groups is 1. The number of hydrogen-bond acceptors (Lipinski definition) is 4. The summed E-state index contributed by atoms with van der Waals surface area (Å²) in [6, 6.07) is 1.37. The van der Waals surface area contributed by atoms with Gasteiger partial charge in [0.15, 0.2) is 0 Å². The first-order valence-electron chi connectivity index (χ1n) is 5.11. The summed E-state index contributed by atoms with van der Waals surface area (Å²) in [5.41, 5.74) is 5.80. The molecule has 1 aliphatic heterocycles. The van der Waals surface area contributed by atoms with E-state index in [1.54, 1.807) is 16.7 Å². The van der Waals surface area contributed by atoms with Crippen LogP contribution in [0.4, 0.5) is 0 Å². The lowest BCUT2D eigenvalue weighted by atomic mass is 10.0. The summed E-state index contributed by atoms with van der Waals surface area (Å²) in [6.45, 7) is 4.48. The molecule has 15 heavy (non-hydrogen) atoms. The van der Waals surface area contributed by atoms with Gasteiger partial charge in [0.05, 0.1) is 12.1 Å². The number of amides is 1. The van der Waals surface area contributed by atoms with E-state index in [2.05, 4.69) is 6.07 Å². The van der Waals surface area contributed by atoms with Crippen molar-refractivity contribution in [3.63, 3.8) is 0 Å². The summed E-state index contributed by atoms with van der Waals surface area (Å²) >= 11 is 1.71. The molecular weight excluding hydrogens is 210 g/mol. The summed E-state index contributed by atoms with van der Waals surface area (Å²) in [7, 11) is 0. The lowest BCUT2D eigenvalue weighted by Gasteiger charge is -2.33. The van der Waals surface area contributed by atoms with Gasteiger partial charge in [0.2, 0.25) is 5.91 Å². The first-order valence-corrected chi connectivity index (χ1v) is 6.26. The molecule has 1 unspecified atom stereocenters. The molecule has 2 N–H and O–H groups in total. The SMILES string of the molecule is CC(C)C(N)C(=O)N1CCSC[C@H]1C#N. The number of carbonyl (C=O) groups excluding carboxylic acids is 1. The number of hydrogen-bond donors (Lipinski definition) is 1. The van der Waals surface area contributed by atoms with E-state index in [0.717, 1.165) is 5.75 Å². The van der Waals surface area contributed by atoms with E-state index in [1.165, 1.54) is 0 Å². The molecule has 0 saturated carbocycles. The van der Waals surface area contributed by atoms with Crippen LogP contribution >= 0.6 is 11.8 Å². The van der Waals surface area contributed by atoms with Gasteiger partial charge in [0.1, 0.15) is 6.04 Å². The van der Waals surface area contributed by atoms with Crippen molar-refractivity contribution in [2.75, 3.05) is 18.1 Å². The average molecular weight is 227 g/mol. The third-order valence-electron chi connectivity index (χ3n) is 2.56. The van der Waals surface area contributed by atoms with Gasteiger partial charge >= 0.3 is 0 Å². The van der Waals surface area contributed by atoms with E-state index in [9.17, 15) is 4.79 Å². The Morgan fingerprint density at radius 3 is 2.87 bits per heavy atom. The zero-order valence-corrected chi connectivity index (χ0v) is 9.96. The Morgan fingerprint density at radius 2 is 2.33 bits per heavy atom. The second-order valence-electron chi connectivity index (χ2n) is 4.02. The maximum absolute atomic E-state index is 11.9. The first-order chi connectivity index (χ1) is 7.07. The average Bonchev–Trinajstić information content (AvgIpc) is 2.26. The van der Waals surface area contributed by atoms with Crippen molar-refractivity contribution in [3.8, 4) is 6.07 Å². The standard InChI is InChI=1S/C10H17N3OS/c1-7(2)9(12)10(14)13-3-4-15-6-8(13)5-11/h7-9H,3-4,6,12H2,1-2H3/t8-,9?/m1/s1. The minimum absolute atomic E-state index is 0.0862. The van der Waals surface area contributed by atoms with E-state index >= 15 is 0 Å². The fourth-order valence-corrected chi connectivity index (χ4v) is 2.42. The molecule has 0 bridgehead atoms. The van der Waals surface area contributed by atoms with Crippen LogP contribution in [0, 0.1) is 17.2 Å².